The second-order valence-electron chi connectivity index (χ2n) is 7.69. The zero-order chi connectivity index (χ0) is 27.1. The molecule has 0 fully saturated rings. The largest absolute Gasteiger partial charge is 0.480 e. The molecule has 5 atom stereocenters. The van der Waals surface area contributed by atoms with Crippen LogP contribution < -0.4 is 38.9 Å². The first kappa shape index (κ1) is 31.9. The Bertz CT molecular complexity index is 776. The lowest BCUT2D eigenvalue weighted by molar-refractivity contribution is -0.142. The van der Waals surface area contributed by atoms with Crippen LogP contribution in [-0.2, 0) is 24.0 Å². The van der Waals surface area contributed by atoms with Gasteiger partial charge in [-0.2, -0.15) is 11.8 Å². The van der Waals surface area contributed by atoms with Gasteiger partial charge in [0, 0.05) is 6.54 Å². The van der Waals surface area contributed by atoms with Crippen LogP contribution in [0.2, 0.25) is 0 Å². The van der Waals surface area contributed by atoms with E-state index < -0.39 is 66.3 Å². The summed E-state index contributed by atoms with van der Waals surface area (Å²) < 4.78 is 0. The molecule has 13 N–H and O–H groups in total. The Morgan fingerprint density at radius 1 is 0.943 bits per heavy atom. The molecule has 0 spiro atoms. The minimum Gasteiger partial charge on any atom is -0.480 e. The van der Waals surface area contributed by atoms with Gasteiger partial charge in [-0.1, -0.05) is 0 Å². The maximum atomic E-state index is 12.7. The molecule has 0 saturated heterocycles. The van der Waals surface area contributed by atoms with Crippen LogP contribution in [0.25, 0.3) is 0 Å². The first-order valence-corrected chi connectivity index (χ1v) is 12.1. The zero-order valence-corrected chi connectivity index (χ0v) is 20.5. The predicted molar refractivity (Wildman–Crippen MR) is 130 cm³/mol. The van der Waals surface area contributed by atoms with Gasteiger partial charge >= 0.3 is 5.97 Å². The first-order chi connectivity index (χ1) is 16.3. The molecule has 0 radical (unpaired) electrons. The van der Waals surface area contributed by atoms with Crippen molar-refractivity contribution >= 4 is 47.3 Å². The Labute approximate surface area is 207 Å². The number of rotatable bonds is 17. The van der Waals surface area contributed by atoms with Crippen LogP contribution >= 0.6 is 11.8 Å². The number of primary amides is 1. The summed E-state index contributed by atoms with van der Waals surface area (Å²) in [6, 6.07) is -5.37. The molecule has 0 aliphatic rings. The molecule has 4 amide bonds. The van der Waals surface area contributed by atoms with Crippen molar-refractivity contribution in [2.75, 3.05) is 18.6 Å². The van der Waals surface area contributed by atoms with Gasteiger partial charge in [0.15, 0.2) is 5.96 Å². The number of nitrogens with zero attached hydrogens (tertiary/aromatic N) is 1. The van der Waals surface area contributed by atoms with E-state index in [1.54, 1.807) is 6.26 Å². The number of nitrogens with one attached hydrogen (secondary N) is 3. The third kappa shape index (κ3) is 13.4. The number of aliphatic hydroxyl groups excluding tert-OH is 1. The number of carbonyl (C=O) groups is 5. The normalized spacial score (nSPS) is 15.0. The molecule has 0 aromatic rings. The van der Waals surface area contributed by atoms with Gasteiger partial charge in [0.05, 0.1) is 18.6 Å². The third-order valence-electron chi connectivity index (χ3n) is 4.63. The molecule has 35 heavy (non-hydrogen) atoms. The molecule has 0 bridgehead atoms. The number of aliphatic imine (C=N–C) groups is 1. The summed E-state index contributed by atoms with van der Waals surface area (Å²) in [5.41, 5.74) is 21.4. The highest BCUT2D eigenvalue weighted by atomic mass is 32.2. The number of hydrogen-bond donors (Lipinski definition) is 9. The Kier molecular flexibility index (Phi) is 15.0. The van der Waals surface area contributed by atoms with E-state index in [4.69, 9.17) is 22.9 Å². The maximum Gasteiger partial charge on any atom is 0.326 e. The maximum absolute atomic E-state index is 12.7. The number of aliphatic hydroxyl groups is 1. The second-order valence-corrected chi connectivity index (χ2v) is 8.68. The Balaban J connectivity index is 5.30. The van der Waals surface area contributed by atoms with E-state index >= 15 is 0 Å². The summed E-state index contributed by atoms with van der Waals surface area (Å²) in [5, 5.41) is 26.1. The molecule has 5 unspecified atom stereocenters. The number of amides is 4. The minimum atomic E-state index is -1.54. The molecular formula is C19H36N8O7S. The van der Waals surface area contributed by atoms with Crippen molar-refractivity contribution in [3.63, 3.8) is 0 Å². The molecule has 0 aliphatic heterocycles. The minimum absolute atomic E-state index is 0.104. The van der Waals surface area contributed by atoms with Crippen LogP contribution in [0.5, 0.6) is 0 Å². The topological polar surface area (TPSA) is 278 Å². The number of aliphatic carboxylic acids is 1. The van der Waals surface area contributed by atoms with E-state index in [-0.39, 0.29) is 25.3 Å². The van der Waals surface area contributed by atoms with Gasteiger partial charge in [-0.3, -0.25) is 24.2 Å². The quantitative estimate of drug-likeness (QED) is 0.0505. The summed E-state index contributed by atoms with van der Waals surface area (Å²) in [5.74, 6) is -4.62. The fourth-order valence-corrected chi connectivity index (χ4v) is 3.22. The summed E-state index contributed by atoms with van der Waals surface area (Å²) in [6.07, 6.45) is 0.371. The number of nitrogens with two attached hydrogens (primary N) is 4. The smallest absolute Gasteiger partial charge is 0.326 e. The van der Waals surface area contributed by atoms with Crippen LogP contribution in [0.1, 0.15) is 32.6 Å². The number of hydrogen-bond acceptors (Lipinski definition) is 9. The lowest BCUT2D eigenvalue weighted by Gasteiger charge is -2.26. The van der Waals surface area contributed by atoms with Gasteiger partial charge < -0.3 is 49.1 Å². The van der Waals surface area contributed by atoms with Gasteiger partial charge in [0.1, 0.15) is 18.1 Å². The van der Waals surface area contributed by atoms with Crippen molar-refractivity contribution in [3.8, 4) is 0 Å². The number of carbonyl (C=O) groups excluding carboxylic acids is 4. The summed E-state index contributed by atoms with van der Waals surface area (Å²) in [6.45, 7) is 1.46. The van der Waals surface area contributed by atoms with Crippen molar-refractivity contribution in [2.45, 2.75) is 62.9 Å². The third-order valence-corrected chi connectivity index (χ3v) is 5.27. The molecule has 0 saturated carbocycles. The summed E-state index contributed by atoms with van der Waals surface area (Å²) in [7, 11) is 0. The monoisotopic (exact) mass is 520 g/mol. The molecule has 0 heterocycles. The molecule has 0 aromatic carbocycles. The van der Waals surface area contributed by atoms with Gasteiger partial charge in [-0.25, -0.2) is 4.79 Å². The van der Waals surface area contributed by atoms with Crippen molar-refractivity contribution in [1.82, 2.24) is 16.0 Å². The van der Waals surface area contributed by atoms with Crippen LogP contribution in [0.3, 0.4) is 0 Å². The molecule has 200 valence electrons. The Morgan fingerprint density at radius 2 is 1.54 bits per heavy atom. The average Bonchev–Trinajstić information content (AvgIpc) is 2.75. The number of thioether (sulfide) groups is 1. The van der Waals surface area contributed by atoms with Gasteiger partial charge in [0.2, 0.25) is 23.6 Å². The molecule has 15 nitrogen and oxygen atoms in total. The highest BCUT2D eigenvalue weighted by Gasteiger charge is 2.33. The lowest BCUT2D eigenvalue weighted by Crippen LogP contribution is -2.60. The number of carboxylic acids is 1. The lowest BCUT2D eigenvalue weighted by atomic mass is 10.1. The SMILES string of the molecule is CSCCC(NC(=O)C(CC(N)=O)NC(=O)C(NC(=O)C(N)CCCN=C(N)N)C(C)O)C(=O)O. The van der Waals surface area contributed by atoms with Crippen LogP contribution in [0.4, 0.5) is 0 Å². The van der Waals surface area contributed by atoms with Gasteiger partial charge in [0.25, 0.3) is 0 Å². The van der Waals surface area contributed by atoms with Crippen molar-refractivity contribution in [2.24, 2.45) is 27.9 Å². The first-order valence-electron chi connectivity index (χ1n) is 10.7. The van der Waals surface area contributed by atoms with E-state index in [2.05, 4.69) is 20.9 Å². The van der Waals surface area contributed by atoms with E-state index in [0.29, 0.717) is 12.2 Å². The fraction of sp³-hybridized carbons (Fsp3) is 0.684. The predicted octanol–water partition coefficient (Wildman–Crippen LogP) is -4.08. The van der Waals surface area contributed by atoms with Crippen LogP contribution in [0.15, 0.2) is 4.99 Å². The highest BCUT2D eigenvalue weighted by Crippen LogP contribution is 2.04. The van der Waals surface area contributed by atoms with E-state index in [9.17, 15) is 34.2 Å². The molecule has 0 rings (SSSR count). The van der Waals surface area contributed by atoms with E-state index in [1.807, 2.05) is 0 Å². The Morgan fingerprint density at radius 3 is 2.03 bits per heavy atom. The Hall–Kier alpha value is -3.11. The molecule has 16 heteroatoms. The van der Waals surface area contributed by atoms with Crippen molar-refractivity contribution < 1.29 is 34.2 Å². The summed E-state index contributed by atoms with van der Waals surface area (Å²) in [4.78, 5) is 64.3. The standard InChI is InChI=1S/C19H36N8O7S/c1-9(28)14(27-15(30)10(20)4-3-6-24-19(22)23)17(32)26-12(8-13(21)29)16(31)25-11(18(33)34)5-7-35-2/h9-12,14,28H,3-8,20H2,1-2H3,(H2,21,29)(H,25,31)(H,26,32)(H,27,30)(H,33,34)(H4,22,23,24). The molecular weight excluding hydrogens is 484 g/mol. The number of guanidine groups is 1. The second kappa shape index (κ2) is 16.5. The van der Waals surface area contributed by atoms with E-state index in [1.165, 1.54) is 18.7 Å². The molecule has 0 aliphatic carbocycles. The molecule has 0 aromatic heterocycles. The van der Waals surface area contributed by atoms with Crippen LogP contribution in [-0.4, -0.2) is 94.6 Å². The summed E-state index contributed by atoms with van der Waals surface area (Å²) >= 11 is 1.37. The average molecular weight is 521 g/mol. The van der Waals surface area contributed by atoms with Crippen molar-refractivity contribution in [3.05, 3.63) is 0 Å². The van der Waals surface area contributed by atoms with E-state index in [0.717, 1.165) is 0 Å². The van der Waals surface area contributed by atoms with Gasteiger partial charge in [-0.15, -0.1) is 0 Å². The number of carboxylic acid groups (broad SMARTS) is 1. The van der Waals surface area contributed by atoms with Gasteiger partial charge in [-0.05, 0) is 38.2 Å². The van der Waals surface area contributed by atoms with Crippen LogP contribution in [0, 0.1) is 0 Å². The highest BCUT2D eigenvalue weighted by molar-refractivity contribution is 7.98. The fourth-order valence-electron chi connectivity index (χ4n) is 2.75. The van der Waals surface area contributed by atoms with Crippen molar-refractivity contribution in [1.29, 1.82) is 0 Å². The zero-order valence-electron chi connectivity index (χ0n) is 19.7.